The Morgan fingerprint density at radius 2 is 1.91 bits per heavy atom. The van der Waals surface area contributed by atoms with Gasteiger partial charge in [-0.25, -0.2) is 4.99 Å². The average molecular weight is 515 g/mol. The van der Waals surface area contributed by atoms with Gasteiger partial charge in [-0.3, -0.25) is 4.79 Å². The van der Waals surface area contributed by atoms with Crippen LogP contribution < -0.4 is 10.6 Å². The fraction of sp³-hybridized carbons (Fsp3) is 0.467. The summed E-state index contributed by atoms with van der Waals surface area (Å²) in [4.78, 5) is 17.7. The summed E-state index contributed by atoms with van der Waals surface area (Å²) in [5, 5.41) is 6.31. The highest BCUT2D eigenvalue weighted by atomic mass is 127. The van der Waals surface area contributed by atoms with E-state index in [1.807, 2.05) is 24.3 Å². The molecule has 0 saturated heterocycles. The third kappa shape index (κ3) is 10.1. The Hall–Kier alpha value is -0.480. The fourth-order valence-corrected chi connectivity index (χ4v) is 2.09. The summed E-state index contributed by atoms with van der Waals surface area (Å²) >= 11 is 5.18. The zero-order valence-corrected chi connectivity index (χ0v) is 18.4. The van der Waals surface area contributed by atoms with Gasteiger partial charge < -0.3 is 15.5 Å². The minimum Gasteiger partial charge on any atom is -0.356 e. The Labute approximate surface area is 168 Å². The Balaban J connectivity index is 0.00000484. The Morgan fingerprint density at radius 3 is 2.48 bits per heavy atom. The first-order valence-electron chi connectivity index (χ1n) is 6.98. The first kappa shape index (κ1) is 22.5. The van der Waals surface area contributed by atoms with Gasteiger partial charge in [0.05, 0.1) is 13.1 Å². The highest BCUT2D eigenvalue weighted by Crippen LogP contribution is 2.10. The van der Waals surface area contributed by atoms with Gasteiger partial charge in [0, 0.05) is 30.9 Å². The summed E-state index contributed by atoms with van der Waals surface area (Å²) in [6.07, 6.45) is 2.06. The van der Waals surface area contributed by atoms with E-state index in [9.17, 15) is 4.79 Å². The summed E-state index contributed by atoms with van der Waals surface area (Å²) < 4.78 is 1.05. The van der Waals surface area contributed by atoms with Crippen LogP contribution in [0.4, 0.5) is 0 Å². The van der Waals surface area contributed by atoms with Crippen LogP contribution in [0, 0.1) is 0 Å². The van der Waals surface area contributed by atoms with E-state index < -0.39 is 0 Å². The quantitative estimate of drug-likeness (QED) is 0.254. The molecule has 0 fully saturated rings. The molecule has 0 atom stereocenters. The third-order valence-corrected chi connectivity index (χ3v) is 3.98. The maximum absolute atomic E-state index is 11.7. The third-order valence-electron chi connectivity index (χ3n) is 2.84. The molecule has 23 heavy (non-hydrogen) atoms. The number of hydrogen-bond donors (Lipinski definition) is 2. The van der Waals surface area contributed by atoms with Crippen LogP contribution in [0.5, 0.6) is 0 Å². The standard InChI is InChI=1S/C15H23BrN4OS.HI/c1-20(2)14(21)11-19-15(17-8-9-22-3)18-10-12-4-6-13(16)7-5-12;/h4-7H,8-11H2,1-3H3,(H2,17,18,19);1H. The molecule has 0 spiro atoms. The molecule has 2 N–H and O–H groups in total. The largest absolute Gasteiger partial charge is 0.356 e. The minimum atomic E-state index is 0. The fourth-order valence-electron chi connectivity index (χ4n) is 1.52. The van der Waals surface area contributed by atoms with E-state index in [1.54, 1.807) is 30.8 Å². The van der Waals surface area contributed by atoms with Gasteiger partial charge in [0.2, 0.25) is 5.91 Å². The van der Waals surface area contributed by atoms with Crippen molar-refractivity contribution >= 4 is 63.5 Å². The molecule has 0 saturated carbocycles. The molecule has 1 amide bonds. The second-order valence-electron chi connectivity index (χ2n) is 4.85. The summed E-state index contributed by atoms with van der Waals surface area (Å²) in [7, 11) is 3.48. The highest BCUT2D eigenvalue weighted by molar-refractivity contribution is 14.0. The molecule has 0 aliphatic carbocycles. The number of hydrogen-bond acceptors (Lipinski definition) is 3. The molecule has 5 nitrogen and oxygen atoms in total. The van der Waals surface area contributed by atoms with Crippen molar-refractivity contribution in [3.63, 3.8) is 0 Å². The smallest absolute Gasteiger partial charge is 0.241 e. The summed E-state index contributed by atoms with van der Waals surface area (Å²) in [6, 6.07) is 8.04. The number of benzene rings is 1. The van der Waals surface area contributed by atoms with Crippen molar-refractivity contribution in [1.82, 2.24) is 15.5 Å². The van der Waals surface area contributed by atoms with E-state index >= 15 is 0 Å². The van der Waals surface area contributed by atoms with E-state index in [0.29, 0.717) is 12.5 Å². The number of thioether (sulfide) groups is 1. The number of halogens is 2. The van der Waals surface area contributed by atoms with Crippen LogP contribution >= 0.6 is 51.7 Å². The minimum absolute atomic E-state index is 0. The molecule has 1 rings (SSSR count). The molecule has 0 unspecified atom stereocenters. The Bertz CT molecular complexity index is 497. The van der Waals surface area contributed by atoms with Gasteiger partial charge in [-0.2, -0.15) is 11.8 Å². The highest BCUT2D eigenvalue weighted by Gasteiger charge is 2.05. The van der Waals surface area contributed by atoms with Crippen LogP contribution in [0.25, 0.3) is 0 Å². The lowest BCUT2D eigenvalue weighted by Gasteiger charge is -2.14. The molecule has 130 valence electrons. The number of carbonyl (C=O) groups is 1. The monoisotopic (exact) mass is 514 g/mol. The number of amides is 1. The first-order valence-corrected chi connectivity index (χ1v) is 9.17. The SMILES string of the molecule is CSCCNC(=NCc1ccc(Br)cc1)NCC(=O)N(C)C.I. The number of carbonyl (C=O) groups excluding carboxylic acids is 1. The number of nitrogens with zero attached hydrogens (tertiary/aromatic N) is 2. The lowest BCUT2D eigenvalue weighted by molar-refractivity contribution is -0.127. The van der Waals surface area contributed by atoms with Gasteiger partial charge in [0.1, 0.15) is 0 Å². The van der Waals surface area contributed by atoms with Crippen molar-refractivity contribution in [3.05, 3.63) is 34.3 Å². The van der Waals surface area contributed by atoms with Gasteiger partial charge in [-0.1, -0.05) is 28.1 Å². The van der Waals surface area contributed by atoms with E-state index in [0.717, 1.165) is 22.3 Å². The van der Waals surface area contributed by atoms with E-state index in [-0.39, 0.29) is 36.4 Å². The molecule has 0 heterocycles. The van der Waals surface area contributed by atoms with Gasteiger partial charge in [-0.05, 0) is 24.0 Å². The Kier molecular flexibility index (Phi) is 12.6. The lowest BCUT2D eigenvalue weighted by Crippen LogP contribution is -2.43. The predicted octanol–water partition coefficient (Wildman–Crippen LogP) is 2.55. The number of likely N-dealkylation sites (N-methyl/N-ethyl adjacent to an activating group) is 1. The second-order valence-corrected chi connectivity index (χ2v) is 6.75. The Morgan fingerprint density at radius 1 is 1.26 bits per heavy atom. The maximum Gasteiger partial charge on any atom is 0.241 e. The van der Waals surface area contributed by atoms with Crippen molar-refractivity contribution in [2.24, 2.45) is 4.99 Å². The lowest BCUT2D eigenvalue weighted by atomic mass is 10.2. The zero-order valence-electron chi connectivity index (χ0n) is 13.6. The van der Waals surface area contributed by atoms with E-state index in [2.05, 4.69) is 37.8 Å². The van der Waals surface area contributed by atoms with Gasteiger partial charge in [0.15, 0.2) is 5.96 Å². The number of guanidine groups is 1. The van der Waals surface area contributed by atoms with Gasteiger partial charge in [0.25, 0.3) is 0 Å². The number of rotatable bonds is 7. The topological polar surface area (TPSA) is 56.7 Å². The summed E-state index contributed by atoms with van der Waals surface area (Å²) in [6.45, 7) is 1.61. The van der Waals surface area contributed by atoms with Crippen molar-refractivity contribution in [2.45, 2.75) is 6.54 Å². The molecule has 0 bridgehead atoms. The van der Waals surface area contributed by atoms with Crippen molar-refractivity contribution < 1.29 is 4.79 Å². The molecule has 1 aromatic rings. The van der Waals surface area contributed by atoms with Crippen LogP contribution in [0.3, 0.4) is 0 Å². The molecule has 1 aromatic carbocycles. The van der Waals surface area contributed by atoms with E-state index in [4.69, 9.17) is 0 Å². The summed E-state index contributed by atoms with van der Waals surface area (Å²) in [5.74, 6) is 1.66. The predicted molar refractivity (Wildman–Crippen MR) is 114 cm³/mol. The van der Waals surface area contributed by atoms with Crippen LogP contribution in [-0.4, -0.2) is 56.0 Å². The van der Waals surface area contributed by atoms with Crippen molar-refractivity contribution in [2.75, 3.05) is 39.2 Å². The molecule has 0 radical (unpaired) electrons. The maximum atomic E-state index is 11.7. The molecule has 0 aromatic heterocycles. The van der Waals surface area contributed by atoms with Crippen LogP contribution in [0.15, 0.2) is 33.7 Å². The van der Waals surface area contributed by atoms with Crippen LogP contribution in [0.2, 0.25) is 0 Å². The van der Waals surface area contributed by atoms with Gasteiger partial charge >= 0.3 is 0 Å². The second kappa shape index (κ2) is 12.9. The van der Waals surface area contributed by atoms with Crippen LogP contribution in [-0.2, 0) is 11.3 Å². The van der Waals surface area contributed by atoms with Crippen LogP contribution in [0.1, 0.15) is 5.56 Å². The first-order chi connectivity index (χ1) is 10.5. The van der Waals surface area contributed by atoms with E-state index in [1.165, 1.54) is 0 Å². The molecule has 8 heteroatoms. The molecular weight excluding hydrogens is 491 g/mol. The van der Waals surface area contributed by atoms with Crippen molar-refractivity contribution in [3.8, 4) is 0 Å². The number of nitrogens with one attached hydrogen (secondary N) is 2. The van der Waals surface area contributed by atoms with Crippen molar-refractivity contribution in [1.29, 1.82) is 0 Å². The number of aliphatic imine (C=N–C) groups is 1. The molecule has 0 aliphatic rings. The molecule has 0 aliphatic heterocycles. The summed E-state index contributed by atoms with van der Waals surface area (Å²) in [5.41, 5.74) is 1.12. The van der Waals surface area contributed by atoms with Gasteiger partial charge in [-0.15, -0.1) is 24.0 Å². The molecular formula is C15H24BrIN4OS. The zero-order chi connectivity index (χ0) is 16.4. The average Bonchev–Trinajstić information content (AvgIpc) is 2.50. The normalized spacial score (nSPS) is 10.7.